The lowest BCUT2D eigenvalue weighted by Crippen LogP contribution is -2.37. The van der Waals surface area contributed by atoms with Gasteiger partial charge in [-0.3, -0.25) is 0 Å². The van der Waals surface area contributed by atoms with Crippen LogP contribution in [-0.2, 0) is 0 Å². The minimum Gasteiger partial charge on any atom is -0.398 e. The lowest BCUT2D eigenvalue weighted by Gasteiger charge is -2.38. The summed E-state index contributed by atoms with van der Waals surface area (Å²) in [5, 5.41) is 0. The van der Waals surface area contributed by atoms with Crippen molar-refractivity contribution in [1.82, 2.24) is 0 Å². The van der Waals surface area contributed by atoms with E-state index < -0.39 is 0 Å². The SMILES string of the molecule is Cc1ccc(N2CCC(C)(C)CC2)cc1N. The van der Waals surface area contributed by atoms with E-state index in [1.807, 2.05) is 0 Å². The van der Waals surface area contributed by atoms with Crippen molar-refractivity contribution >= 4 is 11.4 Å². The molecule has 0 saturated carbocycles. The summed E-state index contributed by atoms with van der Waals surface area (Å²) in [6, 6.07) is 6.40. The van der Waals surface area contributed by atoms with Gasteiger partial charge in [-0.05, 0) is 42.9 Å². The first kappa shape index (κ1) is 11.3. The van der Waals surface area contributed by atoms with Crippen molar-refractivity contribution in [3.8, 4) is 0 Å². The molecule has 1 heterocycles. The first-order valence-corrected chi connectivity index (χ1v) is 6.09. The zero-order valence-electron chi connectivity index (χ0n) is 10.6. The maximum atomic E-state index is 5.95. The van der Waals surface area contributed by atoms with E-state index in [2.05, 4.69) is 43.9 Å². The highest BCUT2D eigenvalue weighted by Gasteiger charge is 2.25. The van der Waals surface area contributed by atoms with E-state index >= 15 is 0 Å². The molecule has 0 radical (unpaired) electrons. The summed E-state index contributed by atoms with van der Waals surface area (Å²) < 4.78 is 0. The highest BCUT2D eigenvalue weighted by atomic mass is 15.1. The fourth-order valence-corrected chi connectivity index (χ4v) is 2.19. The van der Waals surface area contributed by atoms with Gasteiger partial charge in [0.2, 0.25) is 0 Å². The lowest BCUT2D eigenvalue weighted by atomic mass is 9.82. The Labute approximate surface area is 98.4 Å². The minimum absolute atomic E-state index is 0.507. The largest absolute Gasteiger partial charge is 0.398 e. The third-order valence-electron chi connectivity index (χ3n) is 3.74. The molecule has 2 nitrogen and oxygen atoms in total. The summed E-state index contributed by atoms with van der Waals surface area (Å²) in [6.07, 6.45) is 2.53. The molecule has 0 unspecified atom stereocenters. The zero-order valence-corrected chi connectivity index (χ0v) is 10.6. The molecular formula is C14H22N2. The Morgan fingerprint density at radius 1 is 1.19 bits per heavy atom. The monoisotopic (exact) mass is 218 g/mol. The predicted molar refractivity (Wildman–Crippen MR) is 70.8 cm³/mol. The average Bonchev–Trinajstić information content (AvgIpc) is 2.22. The van der Waals surface area contributed by atoms with Crippen molar-refractivity contribution in [2.45, 2.75) is 33.6 Å². The first-order valence-electron chi connectivity index (χ1n) is 6.09. The second kappa shape index (κ2) is 4.00. The summed E-state index contributed by atoms with van der Waals surface area (Å²) in [4.78, 5) is 2.45. The van der Waals surface area contributed by atoms with E-state index in [1.165, 1.54) is 24.1 Å². The third kappa shape index (κ3) is 2.31. The summed E-state index contributed by atoms with van der Waals surface area (Å²) in [5.74, 6) is 0. The number of hydrogen-bond acceptors (Lipinski definition) is 2. The van der Waals surface area contributed by atoms with Gasteiger partial charge in [-0.2, -0.15) is 0 Å². The summed E-state index contributed by atoms with van der Waals surface area (Å²) >= 11 is 0. The van der Waals surface area contributed by atoms with Crippen molar-refractivity contribution in [3.05, 3.63) is 23.8 Å². The van der Waals surface area contributed by atoms with Crippen LogP contribution in [0.3, 0.4) is 0 Å². The van der Waals surface area contributed by atoms with Crippen molar-refractivity contribution in [2.24, 2.45) is 5.41 Å². The Hall–Kier alpha value is -1.18. The number of benzene rings is 1. The van der Waals surface area contributed by atoms with Crippen LogP contribution in [0.2, 0.25) is 0 Å². The van der Waals surface area contributed by atoms with Crippen molar-refractivity contribution < 1.29 is 0 Å². The smallest absolute Gasteiger partial charge is 0.0387 e. The van der Waals surface area contributed by atoms with Crippen LogP contribution >= 0.6 is 0 Å². The standard InChI is InChI=1S/C14H22N2/c1-11-4-5-12(10-13(11)15)16-8-6-14(2,3)7-9-16/h4-5,10H,6-9,15H2,1-3H3. The Morgan fingerprint density at radius 2 is 1.81 bits per heavy atom. The van der Waals surface area contributed by atoms with Gasteiger partial charge in [0.25, 0.3) is 0 Å². The minimum atomic E-state index is 0.507. The molecule has 0 bridgehead atoms. The van der Waals surface area contributed by atoms with E-state index in [0.29, 0.717) is 5.41 Å². The van der Waals surface area contributed by atoms with E-state index in [0.717, 1.165) is 18.8 Å². The number of hydrogen-bond donors (Lipinski definition) is 1. The van der Waals surface area contributed by atoms with Crippen LogP contribution < -0.4 is 10.6 Å². The Morgan fingerprint density at radius 3 is 2.38 bits per heavy atom. The van der Waals surface area contributed by atoms with E-state index in [1.54, 1.807) is 0 Å². The van der Waals surface area contributed by atoms with Crippen LogP contribution in [0.1, 0.15) is 32.3 Å². The van der Waals surface area contributed by atoms with Gasteiger partial charge in [0.05, 0.1) is 0 Å². The van der Waals surface area contributed by atoms with Gasteiger partial charge in [-0.1, -0.05) is 19.9 Å². The van der Waals surface area contributed by atoms with Gasteiger partial charge in [0.1, 0.15) is 0 Å². The molecule has 0 atom stereocenters. The third-order valence-corrected chi connectivity index (χ3v) is 3.74. The zero-order chi connectivity index (χ0) is 11.8. The van der Waals surface area contributed by atoms with Crippen LogP contribution in [0, 0.1) is 12.3 Å². The molecule has 0 aromatic heterocycles. The molecule has 2 N–H and O–H groups in total. The molecule has 0 aliphatic carbocycles. The number of nitrogens with zero attached hydrogens (tertiary/aromatic N) is 1. The van der Waals surface area contributed by atoms with Gasteiger partial charge in [0.15, 0.2) is 0 Å². The highest BCUT2D eigenvalue weighted by Crippen LogP contribution is 2.32. The van der Waals surface area contributed by atoms with Gasteiger partial charge in [-0.25, -0.2) is 0 Å². The molecule has 0 spiro atoms. The van der Waals surface area contributed by atoms with Crippen LogP contribution in [0.25, 0.3) is 0 Å². The predicted octanol–water partition coefficient (Wildman–Crippen LogP) is 3.20. The van der Waals surface area contributed by atoms with Gasteiger partial charge in [-0.15, -0.1) is 0 Å². The van der Waals surface area contributed by atoms with Crippen molar-refractivity contribution in [3.63, 3.8) is 0 Å². The van der Waals surface area contributed by atoms with Gasteiger partial charge >= 0.3 is 0 Å². The average molecular weight is 218 g/mol. The molecular weight excluding hydrogens is 196 g/mol. The Balaban J connectivity index is 2.11. The van der Waals surface area contributed by atoms with Gasteiger partial charge in [0, 0.05) is 24.5 Å². The molecule has 1 aromatic carbocycles. The molecule has 16 heavy (non-hydrogen) atoms. The number of anilines is 2. The molecule has 1 aliphatic rings. The van der Waals surface area contributed by atoms with Crippen molar-refractivity contribution in [2.75, 3.05) is 23.7 Å². The van der Waals surface area contributed by atoms with E-state index in [9.17, 15) is 0 Å². The maximum absolute atomic E-state index is 5.95. The number of piperidine rings is 1. The Bertz CT molecular complexity index is 372. The van der Waals surface area contributed by atoms with E-state index in [-0.39, 0.29) is 0 Å². The molecule has 1 fully saturated rings. The van der Waals surface area contributed by atoms with Crippen LogP contribution in [0.5, 0.6) is 0 Å². The number of aryl methyl sites for hydroxylation is 1. The highest BCUT2D eigenvalue weighted by molar-refractivity contribution is 5.59. The molecule has 1 aromatic rings. The number of rotatable bonds is 1. The van der Waals surface area contributed by atoms with Crippen LogP contribution in [0.4, 0.5) is 11.4 Å². The first-order chi connectivity index (χ1) is 7.48. The Kier molecular flexibility index (Phi) is 2.83. The second-order valence-corrected chi connectivity index (χ2v) is 5.69. The van der Waals surface area contributed by atoms with E-state index in [4.69, 9.17) is 5.73 Å². The molecule has 88 valence electrons. The number of nitrogens with two attached hydrogens (primary N) is 1. The molecule has 2 rings (SSSR count). The van der Waals surface area contributed by atoms with Crippen LogP contribution in [0.15, 0.2) is 18.2 Å². The van der Waals surface area contributed by atoms with Gasteiger partial charge < -0.3 is 10.6 Å². The fourth-order valence-electron chi connectivity index (χ4n) is 2.19. The normalized spacial score (nSPS) is 19.8. The van der Waals surface area contributed by atoms with Crippen LogP contribution in [-0.4, -0.2) is 13.1 Å². The summed E-state index contributed by atoms with van der Waals surface area (Å²) in [5.41, 5.74) is 9.81. The molecule has 2 heteroatoms. The topological polar surface area (TPSA) is 29.3 Å². The summed E-state index contributed by atoms with van der Waals surface area (Å²) in [7, 11) is 0. The summed E-state index contributed by atoms with van der Waals surface area (Å²) in [6.45, 7) is 9.06. The quantitative estimate of drug-likeness (QED) is 0.733. The lowest BCUT2D eigenvalue weighted by molar-refractivity contribution is 0.280. The molecule has 0 amide bonds. The number of nitrogen functional groups attached to an aromatic ring is 1. The maximum Gasteiger partial charge on any atom is 0.0387 e. The molecule has 1 aliphatic heterocycles. The molecule has 1 saturated heterocycles. The van der Waals surface area contributed by atoms with Crippen molar-refractivity contribution in [1.29, 1.82) is 0 Å². The second-order valence-electron chi connectivity index (χ2n) is 5.69. The fraction of sp³-hybridized carbons (Fsp3) is 0.571.